The Bertz CT molecular complexity index is 304. The molecule has 0 aliphatic carbocycles. The number of hydrogen-bond donors (Lipinski definition) is 0. The highest BCUT2D eigenvalue weighted by Crippen LogP contribution is 2.30. The number of aryl methyl sites for hydroxylation is 1. The molecule has 1 aliphatic rings. The maximum atomic E-state index is 2.36. The molecule has 12 heavy (non-hydrogen) atoms. The summed E-state index contributed by atoms with van der Waals surface area (Å²) >= 11 is 0. The normalized spacial score (nSPS) is 21.2. The molecule has 1 aromatic rings. The van der Waals surface area contributed by atoms with Gasteiger partial charge >= 0.3 is 0 Å². The van der Waals surface area contributed by atoms with Crippen molar-refractivity contribution in [3.05, 3.63) is 29.3 Å². The molecule has 2 rings (SSSR count). The van der Waals surface area contributed by atoms with E-state index in [9.17, 15) is 0 Å². The Morgan fingerprint density at radius 2 is 2.17 bits per heavy atom. The Morgan fingerprint density at radius 3 is 2.92 bits per heavy atom. The predicted octanol–water partition coefficient (Wildman–Crippen LogP) is 2.38. The van der Waals surface area contributed by atoms with E-state index < -0.39 is 0 Å². The van der Waals surface area contributed by atoms with Gasteiger partial charge in [0.1, 0.15) is 0 Å². The first-order valence-corrected chi connectivity index (χ1v) is 4.51. The highest BCUT2D eigenvalue weighted by Gasteiger charge is 2.21. The van der Waals surface area contributed by atoms with Crippen LogP contribution in [-0.4, -0.2) is 13.1 Å². The molecule has 1 aliphatic heterocycles. The number of hydrogen-bond acceptors (Lipinski definition) is 1. The molecule has 1 nitrogen and oxygen atoms in total. The van der Waals surface area contributed by atoms with Crippen LogP contribution in [0, 0.1) is 6.92 Å². The van der Waals surface area contributed by atoms with Gasteiger partial charge in [-0.25, -0.2) is 0 Å². The van der Waals surface area contributed by atoms with Crippen molar-refractivity contribution in [1.82, 2.24) is 0 Å². The summed E-state index contributed by atoms with van der Waals surface area (Å²) in [6.45, 7) is 4.42. The van der Waals surface area contributed by atoms with E-state index in [2.05, 4.69) is 44.0 Å². The van der Waals surface area contributed by atoms with Crippen LogP contribution in [0.2, 0.25) is 0 Å². The fourth-order valence-corrected chi connectivity index (χ4v) is 1.87. The summed E-state index contributed by atoms with van der Waals surface area (Å²) in [7, 11) is 2.18. The van der Waals surface area contributed by atoms with Crippen molar-refractivity contribution < 1.29 is 0 Å². The van der Waals surface area contributed by atoms with Gasteiger partial charge in [0.05, 0.1) is 0 Å². The van der Waals surface area contributed by atoms with Crippen molar-refractivity contribution in [2.75, 3.05) is 11.9 Å². The Hall–Kier alpha value is -0.980. The van der Waals surface area contributed by atoms with E-state index in [0.717, 1.165) is 0 Å². The minimum absolute atomic E-state index is 0.668. The van der Waals surface area contributed by atoms with Gasteiger partial charge in [-0.15, -0.1) is 0 Å². The number of fused-ring (bicyclic) bond motifs is 1. The summed E-state index contributed by atoms with van der Waals surface area (Å²) in [6.07, 6.45) is 1.20. The van der Waals surface area contributed by atoms with Gasteiger partial charge in [0.15, 0.2) is 0 Å². The molecule has 0 aromatic heterocycles. The van der Waals surface area contributed by atoms with Crippen molar-refractivity contribution in [3.8, 4) is 0 Å². The topological polar surface area (TPSA) is 3.24 Å². The van der Waals surface area contributed by atoms with Crippen molar-refractivity contribution in [2.45, 2.75) is 26.3 Å². The van der Waals surface area contributed by atoms with E-state index in [1.54, 1.807) is 0 Å². The zero-order valence-electron chi connectivity index (χ0n) is 7.96. The second-order valence-electron chi connectivity index (χ2n) is 3.80. The van der Waals surface area contributed by atoms with Crippen LogP contribution in [0.4, 0.5) is 5.69 Å². The quantitative estimate of drug-likeness (QED) is 0.564. The van der Waals surface area contributed by atoms with Crippen LogP contribution in [0.1, 0.15) is 18.1 Å². The lowest BCUT2D eigenvalue weighted by molar-refractivity contribution is 0.732. The molecule has 1 aromatic carbocycles. The molecule has 1 atom stereocenters. The van der Waals surface area contributed by atoms with Gasteiger partial charge in [-0.3, -0.25) is 0 Å². The molecular weight excluding hydrogens is 146 g/mol. The molecule has 0 spiro atoms. The van der Waals surface area contributed by atoms with Crippen LogP contribution in [0.15, 0.2) is 18.2 Å². The largest absolute Gasteiger partial charge is 0.371 e. The third kappa shape index (κ3) is 1.01. The fraction of sp³-hybridized carbons (Fsp3) is 0.455. The summed E-state index contributed by atoms with van der Waals surface area (Å²) in [6, 6.07) is 7.40. The minimum Gasteiger partial charge on any atom is -0.371 e. The van der Waals surface area contributed by atoms with Crippen LogP contribution in [-0.2, 0) is 6.42 Å². The van der Waals surface area contributed by atoms with E-state index in [4.69, 9.17) is 0 Å². The number of likely N-dealkylation sites (N-methyl/N-ethyl adjacent to an activating group) is 1. The zero-order valence-corrected chi connectivity index (χ0v) is 7.96. The maximum absolute atomic E-state index is 2.36. The van der Waals surface area contributed by atoms with E-state index in [0.29, 0.717) is 6.04 Å². The Morgan fingerprint density at radius 1 is 1.42 bits per heavy atom. The lowest BCUT2D eigenvalue weighted by Crippen LogP contribution is -2.23. The van der Waals surface area contributed by atoms with Gasteiger partial charge in [-0.05, 0) is 37.5 Å². The Balaban J connectivity index is 2.48. The van der Waals surface area contributed by atoms with Gasteiger partial charge in [-0.2, -0.15) is 0 Å². The average Bonchev–Trinajstić information content (AvgIpc) is 2.31. The fourth-order valence-electron chi connectivity index (χ4n) is 1.87. The van der Waals surface area contributed by atoms with Crippen molar-refractivity contribution in [1.29, 1.82) is 0 Å². The lowest BCUT2D eigenvalue weighted by atomic mass is 10.1. The van der Waals surface area contributed by atoms with Crippen LogP contribution in [0.3, 0.4) is 0 Å². The van der Waals surface area contributed by atoms with Crippen LogP contribution in [0.5, 0.6) is 0 Å². The van der Waals surface area contributed by atoms with Gasteiger partial charge in [0, 0.05) is 18.8 Å². The third-order valence-corrected chi connectivity index (χ3v) is 2.80. The third-order valence-electron chi connectivity index (χ3n) is 2.80. The molecule has 0 saturated heterocycles. The molecule has 64 valence electrons. The van der Waals surface area contributed by atoms with E-state index in [1.807, 2.05) is 0 Å². The summed E-state index contributed by atoms with van der Waals surface area (Å²) in [5.74, 6) is 0. The average molecular weight is 161 g/mol. The Kier molecular flexibility index (Phi) is 1.60. The summed E-state index contributed by atoms with van der Waals surface area (Å²) in [5, 5.41) is 0. The number of nitrogens with zero attached hydrogens (tertiary/aromatic N) is 1. The van der Waals surface area contributed by atoms with Crippen LogP contribution in [0.25, 0.3) is 0 Å². The highest BCUT2D eigenvalue weighted by atomic mass is 15.1. The maximum Gasteiger partial charge on any atom is 0.0402 e. The second kappa shape index (κ2) is 2.51. The standard InChI is InChI=1S/C11H15N/c1-8-4-5-10-7-9(2)12(3)11(10)6-8/h4-6,9H,7H2,1-3H3. The molecule has 1 heterocycles. The first kappa shape index (κ1) is 7.66. The monoisotopic (exact) mass is 161 g/mol. The SMILES string of the molecule is Cc1ccc2c(c1)N(C)C(C)C2. The number of rotatable bonds is 0. The smallest absolute Gasteiger partial charge is 0.0402 e. The van der Waals surface area contributed by atoms with Gasteiger partial charge in [0.2, 0.25) is 0 Å². The summed E-state index contributed by atoms with van der Waals surface area (Å²) < 4.78 is 0. The molecule has 1 heteroatoms. The van der Waals surface area contributed by atoms with Crippen molar-refractivity contribution in [3.63, 3.8) is 0 Å². The van der Waals surface area contributed by atoms with Crippen molar-refractivity contribution in [2.24, 2.45) is 0 Å². The number of benzene rings is 1. The summed E-state index contributed by atoms with van der Waals surface area (Å²) in [4.78, 5) is 2.36. The van der Waals surface area contributed by atoms with Crippen LogP contribution < -0.4 is 4.90 Å². The van der Waals surface area contributed by atoms with Gasteiger partial charge < -0.3 is 4.90 Å². The number of anilines is 1. The second-order valence-corrected chi connectivity index (χ2v) is 3.80. The molecule has 0 radical (unpaired) electrons. The first-order valence-electron chi connectivity index (χ1n) is 4.51. The van der Waals surface area contributed by atoms with Gasteiger partial charge in [-0.1, -0.05) is 12.1 Å². The minimum atomic E-state index is 0.668. The van der Waals surface area contributed by atoms with E-state index >= 15 is 0 Å². The molecule has 0 N–H and O–H groups in total. The molecule has 0 bridgehead atoms. The molecule has 0 fully saturated rings. The van der Waals surface area contributed by atoms with Crippen LogP contribution >= 0.6 is 0 Å². The lowest BCUT2D eigenvalue weighted by Gasteiger charge is -2.18. The summed E-state index contributed by atoms with van der Waals surface area (Å²) in [5.41, 5.74) is 4.27. The molecule has 1 unspecified atom stereocenters. The first-order chi connectivity index (χ1) is 5.68. The Labute approximate surface area is 74.0 Å². The van der Waals surface area contributed by atoms with Crippen molar-refractivity contribution >= 4 is 5.69 Å². The predicted molar refractivity (Wildman–Crippen MR) is 52.7 cm³/mol. The van der Waals surface area contributed by atoms with Gasteiger partial charge in [0.25, 0.3) is 0 Å². The molecule has 0 amide bonds. The molecular formula is C11H15N. The van der Waals surface area contributed by atoms with E-state index in [1.165, 1.54) is 23.2 Å². The highest BCUT2D eigenvalue weighted by molar-refractivity contribution is 5.59. The van der Waals surface area contributed by atoms with E-state index in [-0.39, 0.29) is 0 Å². The zero-order chi connectivity index (χ0) is 8.72. The molecule has 0 saturated carbocycles.